The third kappa shape index (κ3) is 3.28. The van der Waals surface area contributed by atoms with E-state index in [1.54, 1.807) is 27.2 Å². The maximum absolute atomic E-state index is 12.6. The zero-order valence-electron chi connectivity index (χ0n) is 14.6. The summed E-state index contributed by atoms with van der Waals surface area (Å²) in [6, 6.07) is 5.53. The molecule has 7 nitrogen and oxygen atoms in total. The summed E-state index contributed by atoms with van der Waals surface area (Å²) in [5.74, 6) is 0.757. The van der Waals surface area contributed by atoms with Gasteiger partial charge in [-0.15, -0.1) is 11.3 Å². The van der Waals surface area contributed by atoms with E-state index in [1.807, 2.05) is 17.5 Å². The number of rotatable bonds is 6. The van der Waals surface area contributed by atoms with Crippen molar-refractivity contribution < 1.29 is 19.0 Å². The second-order valence-electron chi connectivity index (χ2n) is 5.38. The number of nitrogens with zero attached hydrogens (tertiary/aromatic N) is 2. The highest BCUT2D eigenvalue weighted by Crippen LogP contribution is 2.36. The molecule has 8 heteroatoms. The number of carbonyl (C=O) groups excluding carboxylic acids is 1. The molecule has 2 heterocycles. The normalized spacial score (nSPS) is 10.7. The number of carbonyl (C=O) groups is 1. The summed E-state index contributed by atoms with van der Waals surface area (Å²) in [6.45, 7) is 1.84. The number of methoxy groups -OCH3 is 2. The van der Waals surface area contributed by atoms with Gasteiger partial charge in [0.25, 0.3) is 5.56 Å². The Morgan fingerprint density at radius 1 is 1.23 bits per heavy atom. The highest BCUT2D eigenvalue weighted by Gasteiger charge is 2.15. The Morgan fingerprint density at radius 2 is 2.00 bits per heavy atom. The van der Waals surface area contributed by atoms with E-state index in [1.165, 1.54) is 22.2 Å². The first kappa shape index (κ1) is 17.9. The van der Waals surface area contributed by atoms with Crippen LogP contribution in [0.25, 0.3) is 21.3 Å². The molecule has 3 rings (SSSR count). The summed E-state index contributed by atoms with van der Waals surface area (Å²) in [4.78, 5) is 28.6. The van der Waals surface area contributed by atoms with E-state index < -0.39 is 5.97 Å². The van der Waals surface area contributed by atoms with E-state index in [9.17, 15) is 9.59 Å². The minimum atomic E-state index is -0.465. The van der Waals surface area contributed by atoms with Crippen molar-refractivity contribution in [1.29, 1.82) is 0 Å². The van der Waals surface area contributed by atoms with Crippen molar-refractivity contribution in [3.8, 4) is 22.6 Å². The van der Waals surface area contributed by atoms with Crippen LogP contribution in [0.15, 0.2) is 34.7 Å². The minimum Gasteiger partial charge on any atom is -0.493 e. The molecule has 0 spiro atoms. The molecule has 0 N–H and O–H groups in total. The number of hydrogen-bond acceptors (Lipinski definition) is 7. The molecular formula is C18H18N2O5S. The summed E-state index contributed by atoms with van der Waals surface area (Å²) in [6.07, 6.45) is 1.37. The zero-order valence-corrected chi connectivity index (χ0v) is 15.5. The summed E-state index contributed by atoms with van der Waals surface area (Å²) < 4.78 is 17.2. The molecule has 0 fully saturated rings. The van der Waals surface area contributed by atoms with Crippen LogP contribution in [0.1, 0.15) is 6.92 Å². The molecule has 0 bridgehead atoms. The standard InChI is InChI=1S/C18H18N2O5S/c1-4-25-15(21)8-20-10-19-16-12(9-26-17(16)18(20)22)11-5-6-13(23-2)14(7-11)24-3/h5-7,9-10H,4,8H2,1-3H3. The van der Waals surface area contributed by atoms with Crippen LogP contribution in [0.2, 0.25) is 0 Å². The first-order valence-corrected chi connectivity index (χ1v) is 8.81. The average Bonchev–Trinajstić information content (AvgIpc) is 3.08. The Labute approximate surface area is 153 Å². The van der Waals surface area contributed by atoms with E-state index in [0.29, 0.717) is 21.7 Å². The van der Waals surface area contributed by atoms with Crippen LogP contribution in [0.3, 0.4) is 0 Å². The molecule has 0 radical (unpaired) electrons. The molecule has 0 unspecified atom stereocenters. The molecule has 0 aliphatic heterocycles. The molecule has 0 amide bonds. The lowest BCUT2D eigenvalue weighted by Gasteiger charge is -2.09. The SMILES string of the molecule is CCOC(=O)Cn1cnc2c(-c3ccc(OC)c(OC)c3)csc2c1=O. The Kier molecular flexibility index (Phi) is 5.22. The van der Waals surface area contributed by atoms with Gasteiger partial charge in [0.1, 0.15) is 11.2 Å². The zero-order chi connectivity index (χ0) is 18.7. The fourth-order valence-electron chi connectivity index (χ4n) is 2.61. The Morgan fingerprint density at radius 3 is 2.69 bits per heavy atom. The fourth-order valence-corrected chi connectivity index (χ4v) is 3.58. The minimum absolute atomic E-state index is 0.154. The van der Waals surface area contributed by atoms with E-state index >= 15 is 0 Å². The lowest BCUT2D eigenvalue weighted by atomic mass is 10.1. The number of aromatic nitrogens is 2. The Hall–Kier alpha value is -2.87. The topological polar surface area (TPSA) is 79.7 Å². The van der Waals surface area contributed by atoms with Crippen LogP contribution in [-0.2, 0) is 16.1 Å². The van der Waals surface area contributed by atoms with Gasteiger partial charge in [-0.1, -0.05) is 6.07 Å². The van der Waals surface area contributed by atoms with E-state index in [-0.39, 0.29) is 18.7 Å². The van der Waals surface area contributed by atoms with Gasteiger partial charge >= 0.3 is 5.97 Å². The van der Waals surface area contributed by atoms with Crippen LogP contribution in [0.4, 0.5) is 0 Å². The second-order valence-corrected chi connectivity index (χ2v) is 6.26. The van der Waals surface area contributed by atoms with E-state index in [4.69, 9.17) is 14.2 Å². The van der Waals surface area contributed by atoms with Crippen LogP contribution < -0.4 is 15.0 Å². The number of thiophene rings is 1. The van der Waals surface area contributed by atoms with Gasteiger partial charge in [0.05, 0.1) is 32.7 Å². The van der Waals surface area contributed by atoms with Crippen LogP contribution in [0, 0.1) is 0 Å². The third-order valence-electron chi connectivity index (χ3n) is 3.85. The van der Waals surface area contributed by atoms with Gasteiger partial charge in [0.15, 0.2) is 11.5 Å². The Balaban J connectivity index is 2.03. The maximum Gasteiger partial charge on any atom is 0.326 e. The van der Waals surface area contributed by atoms with Crippen LogP contribution >= 0.6 is 11.3 Å². The molecule has 0 saturated heterocycles. The van der Waals surface area contributed by atoms with E-state index in [0.717, 1.165) is 11.1 Å². The molecular weight excluding hydrogens is 356 g/mol. The van der Waals surface area contributed by atoms with Crippen molar-refractivity contribution in [3.05, 3.63) is 40.3 Å². The summed E-state index contributed by atoms with van der Waals surface area (Å²) in [7, 11) is 3.14. The van der Waals surface area contributed by atoms with Crippen molar-refractivity contribution >= 4 is 27.5 Å². The highest BCUT2D eigenvalue weighted by molar-refractivity contribution is 7.17. The molecule has 0 saturated carbocycles. The lowest BCUT2D eigenvalue weighted by Crippen LogP contribution is -2.25. The van der Waals surface area contributed by atoms with Gasteiger partial charge in [0.2, 0.25) is 0 Å². The van der Waals surface area contributed by atoms with Crippen molar-refractivity contribution in [1.82, 2.24) is 9.55 Å². The lowest BCUT2D eigenvalue weighted by molar-refractivity contribution is -0.143. The summed E-state index contributed by atoms with van der Waals surface area (Å²) in [5.41, 5.74) is 2.02. The number of fused-ring (bicyclic) bond motifs is 1. The largest absolute Gasteiger partial charge is 0.493 e. The van der Waals surface area contributed by atoms with Gasteiger partial charge < -0.3 is 14.2 Å². The van der Waals surface area contributed by atoms with Gasteiger partial charge in [-0.25, -0.2) is 4.98 Å². The molecule has 3 aromatic rings. The Bertz CT molecular complexity index is 1010. The van der Waals surface area contributed by atoms with Crippen molar-refractivity contribution in [2.75, 3.05) is 20.8 Å². The molecule has 26 heavy (non-hydrogen) atoms. The van der Waals surface area contributed by atoms with Gasteiger partial charge in [-0.05, 0) is 24.6 Å². The van der Waals surface area contributed by atoms with E-state index in [2.05, 4.69) is 4.98 Å². The predicted octanol–water partition coefficient (Wildman–Crippen LogP) is 2.71. The molecule has 2 aromatic heterocycles. The summed E-state index contributed by atoms with van der Waals surface area (Å²) in [5, 5.41) is 1.87. The van der Waals surface area contributed by atoms with Gasteiger partial charge in [-0.2, -0.15) is 0 Å². The van der Waals surface area contributed by atoms with Crippen molar-refractivity contribution in [2.45, 2.75) is 13.5 Å². The molecule has 1 aromatic carbocycles. The fraction of sp³-hybridized carbons (Fsp3) is 0.278. The summed E-state index contributed by atoms with van der Waals surface area (Å²) >= 11 is 1.29. The second kappa shape index (κ2) is 7.57. The molecule has 136 valence electrons. The smallest absolute Gasteiger partial charge is 0.326 e. The predicted molar refractivity (Wildman–Crippen MR) is 99.1 cm³/mol. The first-order valence-electron chi connectivity index (χ1n) is 7.93. The number of ether oxygens (including phenoxy) is 3. The number of esters is 1. The van der Waals surface area contributed by atoms with Gasteiger partial charge in [0, 0.05) is 10.9 Å². The average molecular weight is 374 g/mol. The maximum atomic E-state index is 12.6. The molecule has 0 atom stereocenters. The molecule has 0 aliphatic rings. The number of benzene rings is 1. The van der Waals surface area contributed by atoms with Crippen LogP contribution in [-0.4, -0.2) is 36.3 Å². The van der Waals surface area contributed by atoms with Crippen LogP contribution in [0.5, 0.6) is 11.5 Å². The molecule has 0 aliphatic carbocycles. The highest BCUT2D eigenvalue weighted by atomic mass is 32.1. The van der Waals surface area contributed by atoms with Crippen molar-refractivity contribution in [3.63, 3.8) is 0 Å². The monoisotopic (exact) mass is 374 g/mol. The van der Waals surface area contributed by atoms with Gasteiger partial charge in [-0.3, -0.25) is 14.2 Å². The quantitative estimate of drug-likeness (QED) is 0.617. The first-order chi connectivity index (χ1) is 12.6. The number of hydrogen-bond donors (Lipinski definition) is 0. The third-order valence-corrected chi connectivity index (χ3v) is 4.80. The van der Waals surface area contributed by atoms with Crippen molar-refractivity contribution in [2.24, 2.45) is 0 Å².